The Morgan fingerprint density at radius 2 is 1.86 bits per heavy atom. The summed E-state index contributed by atoms with van der Waals surface area (Å²) in [6.07, 6.45) is 7.69. The summed E-state index contributed by atoms with van der Waals surface area (Å²) < 4.78 is 7.75. The van der Waals surface area contributed by atoms with Crippen molar-refractivity contribution in [3.8, 4) is 11.1 Å². The van der Waals surface area contributed by atoms with Crippen LogP contribution in [0, 0.1) is 24.7 Å². The van der Waals surface area contributed by atoms with Gasteiger partial charge in [-0.2, -0.15) is 10.2 Å². The average Bonchev–Trinajstić information content (AvgIpc) is 3.45. The van der Waals surface area contributed by atoms with Gasteiger partial charge in [-0.1, -0.05) is 18.2 Å². The number of piperidine rings is 1. The van der Waals surface area contributed by atoms with Gasteiger partial charge in [0, 0.05) is 65.9 Å². The van der Waals surface area contributed by atoms with Crippen LogP contribution < -0.4 is 4.90 Å². The number of nitrogens with one attached hydrogen (secondary N) is 1. The van der Waals surface area contributed by atoms with Gasteiger partial charge in [0.05, 0.1) is 42.0 Å². The number of anilines is 1. The van der Waals surface area contributed by atoms with Gasteiger partial charge >= 0.3 is 0 Å². The van der Waals surface area contributed by atoms with Crippen molar-refractivity contribution < 1.29 is 9.53 Å². The lowest BCUT2D eigenvalue weighted by molar-refractivity contribution is -0.149. The molecule has 1 amide bonds. The van der Waals surface area contributed by atoms with Gasteiger partial charge in [0.1, 0.15) is 0 Å². The van der Waals surface area contributed by atoms with Crippen LogP contribution in [0.4, 0.5) is 5.82 Å². The van der Waals surface area contributed by atoms with Crippen LogP contribution in [0.3, 0.4) is 0 Å². The maximum atomic E-state index is 12.1. The molecule has 1 aliphatic carbocycles. The van der Waals surface area contributed by atoms with Gasteiger partial charge < -0.3 is 14.5 Å². The number of amides is 1. The van der Waals surface area contributed by atoms with Crippen molar-refractivity contribution in [3.05, 3.63) is 41.2 Å². The molecule has 0 atom stereocenters. The highest BCUT2D eigenvalue weighted by molar-refractivity contribution is 6.36. The molecular formula is C33H42ClN7O2. The van der Waals surface area contributed by atoms with E-state index in [0.29, 0.717) is 17.5 Å². The Hall–Kier alpha value is -2.88. The van der Waals surface area contributed by atoms with Crippen LogP contribution in [0.2, 0.25) is 5.02 Å². The summed E-state index contributed by atoms with van der Waals surface area (Å²) in [5, 5.41) is 14.8. The molecule has 1 aromatic carbocycles. The topological polar surface area (TPSA) is 82.5 Å². The number of carbonyl (C=O) groups is 1. The fraction of sp³-hybridized carbons (Fsp3) is 0.606. The van der Waals surface area contributed by atoms with E-state index in [-0.39, 0.29) is 16.9 Å². The van der Waals surface area contributed by atoms with Gasteiger partial charge in [0.2, 0.25) is 5.91 Å². The SMILES string of the molecule is C=CC(=O)N1CC2(CC(n3nc(N4CCC5(CN(C6COC6)C5)CC4(C)C)c(-c4c(Cl)c(C)cc5[nH]ncc45)c3C)C2)C1. The van der Waals surface area contributed by atoms with E-state index in [1.807, 2.05) is 11.1 Å². The summed E-state index contributed by atoms with van der Waals surface area (Å²) in [5.74, 6) is 1.07. The number of rotatable bonds is 5. The molecule has 10 heteroatoms. The molecule has 1 N–H and O–H groups in total. The van der Waals surface area contributed by atoms with Gasteiger partial charge in [-0.25, -0.2) is 0 Å². The first-order chi connectivity index (χ1) is 20.5. The predicted octanol–water partition coefficient (Wildman–Crippen LogP) is 5.13. The number of hydrogen-bond donors (Lipinski definition) is 1. The van der Waals surface area contributed by atoms with Crippen molar-refractivity contribution in [2.75, 3.05) is 50.8 Å². The minimum atomic E-state index is -0.0625. The minimum Gasteiger partial charge on any atom is -0.378 e. The third-order valence-electron chi connectivity index (χ3n) is 11.3. The van der Waals surface area contributed by atoms with E-state index in [1.54, 1.807) is 0 Å². The molecule has 0 unspecified atom stereocenters. The molecule has 2 spiro atoms. The molecule has 2 aromatic heterocycles. The second kappa shape index (κ2) is 9.31. The summed E-state index contributed by atoms with van der Waals surface area (Å²) in [5.41, 5.74) is 5.84. The Balaban J connectivity index is 1.15. The number of likely N-dealkylation sites (tertiary alicyclic amines) is 2. The molecule has 1 saturated carbocycles. The number of halogens is 1. The molecule has 0 radical (unpaired) electrons. The van der Waals surface area contributed by atoms with Crippen LogP contribution in [0.1, 0.15) is 56.8 Å². The normalized spacial score (nSPS) is 24.6. The maximum absolute atomic E-state index is 12.1. The van der Waals surface area contributed by atoms with Crippen LogP contribution in [-0.4, -0.2) is 93.2 Å². The number of aryl methyl sites for hydroxylation is 1. The monoisotopic (exact) mass is 603 g/mol. The number of carbonyl (C=O) groups excluding carboxylic acids is 1. The zero-order chi connectivity index (χ0) is 29.9. The molecule has 6 heterocycles. The van der Waals surface area contributed by atoms with Gasteiger partial charge in [-0.05, 0) is 76.5 Å². The number of aromatic amines is 1. The van der Waals surface area contributed by atoms with E-state index in [2.05, 4.69) is 65.0 Å². The summed E-state index contributed by atoms with van der Waals surface area (Å²) in [4.78, 5) is 19.2. The van der Waals surface area contributed by atoms with Gasteiger partial charge in [-0.3, -0.25) is 19.5 Å². The predicted molar refractivity (Wildman–Crippen MR) is 169 cm³/mol. The van der Waals surface area contributed by atoms with Crippen molar-refractivity contribution >= 4 is 34.2 Å². The fourth-order valence-electron chi connectivity index (χ4n) is 9.13. The molecule has 8 rings (SSSR count). The van der Waals surface area contributed by atoms with E-state index >= 15 is 0 Å². The molecule has 9 nitrogen and oxygen atoms in total. The standard InChI is InChI=1S/C33H42ClN7O2/c1-6-26(42)39-18-33(19-39)10-22(11-33)41-21(3)27(28-24-12-35-36-25(24)9-20(2)29(28)34)30(37-41)40-8-7-32(15-31(40,4)5)16-38(17-32)23-13-43-14-23/h6,9,12,22-23H,1,7-8,10-11,13-19H2,2-5H3,(H,35,36). The summed E-state index contributed by atoms with van der Waals surface area (Å²) in [6.45, 7) is 19.4. The second-order valence-corrected chi connectivity index (χ2v) is 15.3. The van der Waals surface area contributed by atoms with Crippen LogP contribution >= 0.6 is 11.6 Å². The van der Waals surface area contributed by atoms with Gasteiger partial charge in [0.15, 0.2) is 5.82 Å². The first kappa shape index (κ1) is 27.7. The smallest absolute Gasteiger partial charge is 0.245 e. The summed E-state index contributed by atoms with van der Waals surface area (Å²) in [6, 6.07) is 3.00. The maximum Gasteiger partial charge on any atom is 0.245 e. The molecule has 3 aromatic rings. The van der Waals surface area contributed by atoms with E-state index in [0.717, 1.165) is 103 Å². The number of hydrogen-bond acceptors (Lipinski definition) is 6. The van der Waals surface area contributed by atoms with Gasteiger partial charge in [-0.15, -0.1) is 0 Å². The number of benzene rings is 1. The van der Waals surface area contributed by atoms with Crippen molar-refractivity contribution in [1.82, 2.24) is 29.8 Å². The highest BCUT2D eigenvalue weighted by Crippen LogP contribution is 2.56. The van der Waals surface area contributed by atoms with Crippen molar-refractivity contribution in [3.63, 3.8) is 0 Å². The van der Waals surface area contributed by atoms with Crippen LogP contribution in [0.5, 0.6) is 0 Å². The molecule has 5 aliphatic rings. The number of aromatic nitrogens is 4. The molecule has 5 fully saturated rings. The lowest BCUT2D eigenvalue weighted by atomic mass is 9.60. The highest BCUT2D eigenvalue weighted by atomic mass is 35.5. The molecule has 228 valence electrons. The van der Waals surface area contributed by atoms with Crippen molar-refractivity contribution in [1.29, 1.82) is 0 Å². The van der Waals surface area contributed by atoms with E-state index in [9.17, 15) is 4.79 Å². The average molecular weight is 604 g/mol. The third kappa shape index (κ3) is 4.07. The zero-order valence-corrected chi connectivity index (χ0v) is 26.5. The zero-order valence-electron chi connectivity index (χ0n) is 25.7. The Kier molecular flexibility index (Phi) is 5.99. The third-order valence-corrected chi connectivity index (χ3v) is 11.8. The Bertz CT molecular complexity index is 1630. The van der Waals surface area contributed by atoms with E-state index < -0.39 is 0 Å². The molecule has 0 bridgehead atoms. The van der Waals surface area contributed by atoms with Crippen LogP contribution in [0.25, 0.3) is 22.0 Å². The Morgan fingerprint density at radius 1 is 1.12 bits per heavy atom. The highest BCUT2D eigenvalue weighted by Gasteiger charge is 2.56. The van der Waals surface area contributed by atoms with Crippen LogP contribution in [0.15, 0.2) is 24.9 Å². The Morgan fingerprint density at radius 3 is 2.51 bits per heavy atom. The fourth-order valence-corrected chi connectivity index (χ4v) is 9.38. The molecule has 4 aliphatic heterocycles. The number of ether oxygens (including phenoxy) is 1. The quantitative estimate of drug-likeness (QED) is 0.408. The van der Waals surface area contributed by atoms with Crippen molar-refractivity contribution in [2.24, 2.45) is 10.8 Å². The lowest BCUT2D eigenvalue weighted by Crippen LogP contribution is -2.69. The van der Waals surface area contributed by atoms with Crippen molar-refractivity contribution in [2.45, 2.75) is 71.0 Å². The number of nitrogens with zero attached hydrogens (tertiary/aromatic N) is 6. The lowest BCUT2D eigenvalue weighted by Gasteiger charge is -2.61. The first-order valence-electron chi connectivity index (χ1n) is 15.7. The van der Waals surface area contributed by atoms with Crippen LogP contribution in [-0.2, 0) is 9.53 Å². The van der Waals surface area contributed by atoms with E-state index in [4.69, 9.17) is 21.4 Å². The second-order valence-electron chi connectivity index (χ2n) is 14.9. The molecule has 4 saturated heterocycles. The largest absolute Gasteiger partial charge is 0.378 e. The molecule has 43 heavy (non-hydrogen) atoms. The van der Waals surface area contributed by atoms with Gasteiger partial charge in [0.25, 0.3) is 0 Å². The first-order valence-corrected chi connectivity index (χ1v) is 16.1. The Labute approximate surface area is 258 Å². The summed E-state index contributed by atoms with van der Waals surface area (Å²) in [7, 11) is 0. The number of H-pyrrole nitrogens is 1. The van der Waals surface area contributed by atoms with E-state index in [1.165, 1.54) is 19.2 Å². The molecular weight excluding hydrogens is 562 g/mol. The summed E-state index contributed by atoms with van der Waals surface area (Å²) >= 11 is 7.17. The minimum absolute atomic E-state index is 0.0350. The number of fused-ring (bicyclic) bond motifs is 1.